The molecule has 19 heavy (non-hydrogen) atoms. The Bertz CT molecular complexity index is 368. The Morgan fingerprint density at radius 1 is 1.37 bits per heavy atom. The molecule has 0 saturated carbocycles. The van der Waals surface area contributed by atoms with Crippen molar-refractivity contribution >= 4 is 17.4 Å². The highest BCUT2D eigenvalue weighted by molar-refractivity contribution is 7.98. The summed E-state index contributed by atoms with van der Waals surface area (Å²) in [5.74, 6) is 1.81. The average molecular weight is 281 g/mol. The average Bonchev–Trinajstić information content (AvgIpc) is 2.38. The van der Waals surface area contributed by atoms with Crippen LogP contribution in [0.15, 0.2) is 18.5 Å². The Hall–Kier alpha value is -0.740. The maximum absolute atomic E-state index is 4.28. The zero-order valence-electron chi connectivity index (χ0n) is 12.8. The van der Waals surface area contributed by atoms with Gasteiger partial charge in [-0.3, -0.25) is 4.98 Å². The van der Waals surface area contributed by atoms with E-state index in [1.165, 1.54) is 11.3 Å². The number of anilines is 1. The lowest BCUT2D eigenvalue weighted by atomic mass is 10.1. The largest absolute Gasteiger partial charge is 0.370 e. The van der Waals surface area contributed by atoms with E-state index in [9.17, 15) is 0 Å². The van der Waals surface area contributed by atoms with Crippen LogP contribution in [0.4, 0.5) is 5.69 Å². The van der Waals surface area contributed by atoms with Gasteiger partial charge in [-0.1, -0.05) is 13.8 Å². The molecule has 4 heteroatoms. The standard InChI is InChI=1S/C15H27N3S/c1-12(2)8-17-9-14-6-7-16-10-15(14)18(4)13(3)11-19-5/h6-7,10,12-13,17H,8-9,11H2,1-5H3. The monoisotopic (exact) mass is 281 g/mol. The SMILES string of the molecule is CSCC(C)N(C)c1cnccc1CNCC(C)C. The van der Waals surface area contributed by atoms with Gasteiger partial charge >= 0.3 is 0 Å². The molecule has 0 aliphatic heterocycles. The van der Waals surface area contributed by atoms with Gasteiger partial charge in [0.05, 0.1) is 11.9 Å². The summed E-state index contributed by atoms with van der Waals surface area (Å²) in [7, 11) is 2.16. The molecule has 1 N–H and O–H groups in total. The van der Waals surface area contributed by atoms with Crippen LogP contribution >= 0.6 is 11.8 Å². The molecule has 0 saturated heterocycles. The van der Waals surface area contributed by atoms with Gasteiger partial charge < -0.3 is 10.2 Å². The molecule has 0 aromatic carbocycles. The van der Waals surface area contributed by atoms with Crippen molar-refractivity contribution < 1.29 is 0 Å². The van der Waals surface area contributed by atoms with Crippen LogP contribution in [0.3, 0.4) is 0 Å². The van der Waals surface area contributed by atoms with Crippen LogP contribution in [-0.4, -0.2) is 36.6 Å². The Labute approximate surface area is 122 Å². The molecule has 0 radical (unpaired) electrons. The van der Waals surface area contributed by atoms with Gasteiger partial charge in [-0.15, -0.1) is 0 Å². The summed E-state index contributed by atoms with van der Waals surface area (Å²) in [5, 5.41) is 3.51. The fourth-order valence-corrected chi connectivity index (χ4v) is 2.67. The second-order valence-corrected chi connectivity index (χ2v) is 6.36. The molecule has 0 aliphatic rings. The van der Waals surface area contributed by atoms with Crippen LogP contribution in [0.1, 0.15) is 26.3 Å². The van der Waals surface area contributed by atoms with Crippen molar-refractivity contribution in [1.29, 1.82) is 0 Å². The first-order chi connectivity index (χ1) is 9.06. The van der Waals surface area contributed by atoms with Gasteiger partial charge in [0.2, 0.25) is 0 Å². The molecule has 0 bridgehead atoms. The van der Waals surface area contributed by atoms with Gasteiger partial charge in [0, 0.05) is 31.6 Å². The molecule has 0 amide bonds. The number of pyridine rings is 1. The minimum absolute atomic E-state index is 0.517. The molecule has 1 rings (SSSR count). The minimum atomic E-state index is 0.517. The summed E-state index contributed by atoms with van der Waals surface area (Å²) in [5.41, 5.74) is 2.56. The van der Waals surface area contributed by atoms with Crippen molar-refractivity contribution in [2.24, 2.45) is 5.92 Å². The van der Waals surface area contributed by atoms with Crippen LogP contribution in [0.2, 0.25) is 0 Å². The summed E-state index contributed by atoms with van der Waals surface area (Å²) in [6.07, 6.45) is 6.00. The third kappa shape index (κ3) is 5.41. The zero-order chi connectivity index (χ0) is 14.3. The minimum Gasteiger partial charge on any atom is -0.370 e. The molecule has 1 aromatic heterocycles. The van der Waals surface area contributed by atoms with Crippen molar-refractivity contribution in [1.82, 2.24) is 10.3 Å². The smallest absolute Gasteiger partial charge is 0.0598 e. The van der Waals surface area contributed by atoms with Crippen molar-refractivity contribution in [3.8, 4) is 0 Å². The number of hydrogen-bond acceptors (Lipinski definition) is 4. The lowest BCUT2D eigenvalue weighted by molar-refractivity contribution is 0.551. The summed E-state index contributed by atoms with van der Waals surface area (Å²) in [6.45, 7) is 8.67. The molecule has 0 spiro atoms. The van der Waals surface area contributed by atoms with Crippen LogP contribution in [-0.2, 0) is 6.54 Å². The maximum atomic E-state index is 4.28. The number of rotatable bonds is 8. The molecular weight excluding hydrogens is 254 g/mol. The first kappa shape index (κ1) is 16.3. The van der Waals surface area contributed by atoms with Gasteiger partial charge in [-0.05, 0) is 37.3 Å². The Kier molecular flexibility index (Phi) is 7.24. The fourth-order valence-electron chi connectivity index (χ4n) is 1.97. The highest BCUT2D eigenvalue weighted by atomic mass is 32.2. The third-order valence-corrected chi connectivity index (χ3v) is 4.02. The number of aromatic nitrogens is 1. The number of nitrogens with zero attached hydrogens (tertiary/aromatic N) is 2. The van der Waals surface area contributed by atoms with E-state index in [-0.39, 0.29) is 0 Å². The molecule has 108 valence electrons. The predicted molar refractivity (Wildman–Crippen MR) is 87.0 cm³/mol. The van der Waals surface area contributed by atoms with E-state index in [0.717, 1.165) is 18.8 Å². The van der Waals surface area contributed by atoms with Crippen molar-refractivity contribution in [3.63, 3.8) is 0 Å². The zero-order valence-corrected chi connectivity index (χ0v) is 13.6. The lowest BCUT2D eigenvalue weighted by Gasteiger charge is -2.28. The lowest BCUT2D eigenvalue weighted by Crippen LogP contribution is -2.32. The number of hydrogen-bond donors (Lipinski definition) is 1. The highest BCUT2D eigenvalue weighted by Crippen LogP contribution is 2.21. The molecule has 1 heterocycles. The van der Waals surface area contributed by atoms with Gasteiger partial charge in [0.15, 0.2) is 0 Å². The predicted octanol–water partition coefficient (Wildman–Crippen LogP) is 3.01. The van der Waals surface area contributed by atoms with E-state index >= 15 is 0 Å². The van der Waals surface area contributed by atoms with Crippen molar-refractivity contribution in [2.45, 2.75) is 33.4 Å². The summed E-state index contributed by atoms with van der Waals surface area (Å²) in [6, 6.07) is 2.63. The van der Waals surface area contributed by atoms with E-state index in [1.54, 1.807) is 0 Å². The fraction of sp³-hybridized carbons (Fsp3) is 0.667. The quantitative estimate of drug-likeness (QED) is 0.793. The van der Waals surface area contributed by atoms with E-state index in [0.29, 0.717) is 12.0 Å². The van der Waals surface area contributed by atoms with Crippen LogP contribution in [0.5, 0.6) is 0 Å². The van der Waals surface area contributed by atoms with Crippen LogP contribution < -0.4 is 10.2 Å². The molecule has 1 atom stereocenters. The summed E-state index contributed by atoms with van der Waals surface area (Å²) < 4.78 is 0. The molecule has 1 aromatic rings. The highest BCUT2D eigenvalue weighted by Gasteiger charge is 2.13. The van der Waals surface area contributed by atoms with Crippen molar-refractivity contribution in [2.75, 3.05) is 30.5 Å². The van der Waals surface area contributed by atoms with Gasteiger partial charge in [0.1, 0.15) is 0 Å². The molecule has 0 fully saturated rings. The molecule has 3 nitrogen and oxygen atoms in total. The second kappa shape index (κ2) is 8.43. The van der Waals surface area contributed by atoms with Crippen LogP contribution in [0, 0.1) is 5.92 Å². The summed E-state index contributed by atoms with van der Waals surface area (Å²) >= 11 is 1.88. The Morgan fingerprint density at radius 2 is 2.11 bits per heavy atom. The van der Waals surface area contributed by atoms with Crippen LogP contribution in [0.25, 0.3) is 0 Å². The van der Waals surface area contributed by atoms with Gasteiger partial charge in [-0.25, -0.2) is 0 Å². The van der Waals surface area contributed by atoms with E-state index < -0.39 is 0 Å². The Balaban J connectivity index is 2.71. The van der Waals surface area contributed by atoms with Gasteiger partial charge in [0.25, 0.3) is 0 Å². The molecular formula is C15H27N3S. The van der Waals surface area contributed by atoms with Gasteiger partial charge in [-0.2, -0.15) is 11.8 Å². The number of thioether (sulfide) groups is 1. The van der Waals surface area contributed by atoms with E-state index in [1.807, 2.05) is 24.2 Å². The first-order valence-corrected chi connectivity index (χ1v) is 8.31. The number of nitrogens with one attached hydrogen (secondary N) is 1. The summed E-state index contributed by atoms with van der Waals surface area (Å²) in [4.78, 5) is 6.61. The van der Waals surface area contributed by atoms with E-state index in [2.05, 4.69) is 55.3 Å². The normalized spacial score (nSPS) is 12.7. The third-order valence-electron chi connectivity index (χ3n) is 3.20. The molecule has 1 unspecified atom stereocenters. The maximum Gasteiger partial charge on any atom is 0.0598 e. The van der Waals surface area contributed by atoms with Crippen molar-refractivity contribution in [3.05, 3.63) is 24.0 Å². The topological polar surface area (TPSA) is 28.2 Å². The second-order valence-electron chi connectivity index (χ2n) is 5.44. The Morgan fingerprint density at radius 3 is 2.74 bits per heavy atom. The molecule has 0 aliphatic carbocycles. The first-order valence-electron chi connectivity index (χ1n) is 6.91. The van der Waals surface area contributed by atoms with E-state index in [4.69, 9.17) is 0 Å².